The minimum atomic E-state index is -0.760. The Kier molecular flexibility index (Phi) is 14.1. The molecular weight excluding hydrogens is 764 g/mol. The van der Waals surface area contributed by atoms with Gasteiger partial charge in [0, 0.05) is 48.3 Å². The number of imide groups is 1. The molecular formula is C42H54N6O11. The van der Waals surface area contributed by atoms with Gasteiger partial charge in [0.25, 0.3) is 17.4 Å². The fourth-order valence-electron chi connectivity index (χ4n) is 6.84. The summed E-state index contributed by atoms with van der Waals surface area (Å²) >= 11 is 0. The van der Waals surface area contributed by atoms with Crippen LogP contribution in [0.25, 0.3) is 11.3 Å². The molecule has 17 heteroatoms. The van der Waals surface area contributed by atoms with Crippen LogP contribution in [-0.2, 0) is 48.9 Å². The van der Waals surface area contributed by atoms with Crippen LogP contribution in [0.4, 0.5) is 0 Å². The zero-order valence-electron chi connectivity index (χ0n) is 34.9. The Morgan fingerprint density at radius 2 is 1.68 bits per heavy atom. The highest BCUT2D eigenvalue weighted by molar-refractivity contribution is 6.05. The lowest BCUT2D eigenvalue weighted by Crippen LogP contribution is -2.52. The van der Waals surface area contributed by atoms with Crippen LogP contribution in [0.1, 0.15) is 74.1 Å². The Hall–Kier alpha value is -5.81. The van der Waals surface area contributed by atoms with E-state index in [-0.39, 0.29) is 81.6 Å². The van der Waals surface area contributed by atoms with Gasteiger partial charge in [-0.25, -0.2) is 4.98 Å². The first-order chi connectivity index (χ1) is 28.0. The lowest BCUT2D eigenvalue weighted by atomic mass is 9.94. The van der Waals surface area contributed by atoms with Crippen LogP contribution in [0.3, 0.4) is 0 Å². The average Bonchev–Trinajstić information content (AvgIpc) is 3.53. The largest absolute Gasteiger partial charge is 0.496 e. The van der Waals surface area contributed by atoms with Gasteiger partial charge in [-0.05, 0) is 51.0 Å². The van der Waals surface area contributed by atoms with Crippen LogP contribution in [-0.4, -0.2) is 103 Å². The summed E-state index contributed by atoms with van der Waals surface area (Å²) in [4.78, 5) is 81.1. The van der Waals surface area contributed by atoms with Crippen molar-refractivity contribution in [3.05, 3.63) is 69.3 Å². The number of ether oxygens (including phenoxy) is 5. The number of aryl methyl sites for hydroxylation is 2. The third-order valence-corrected chi connectivity index (χ3v) is 10.4. The number of carbonyl (C=O) groups excluding carboxylic acids is 5. The van der Waals surface area contributed by atoms with Crippen molar-refractivity contribution in [1.82, 2.24) is 30.4 Å². The Morgan fingerprint density at radius 3 is 2.32 bits per heavy atom. The molecule has 0 spiro atoms. The maximum absolute atomic E-state index is 13.2. The van der Waals surface area contributed by atoms with Crippen LogP contribution in [0, 0.1) is 12.3 Å². The molecule has 0 bridgehead atoms. The van der Waals surface area contributed by atoms with Crippen molar-refractivity contribution < 1.29 is 47.7 Å². The summed E-state index contributed by atoms with van der Waals surface area (Å²) in [5.74, 6) is -0.570. The van der Waals surface area contributed by atoms with Crippen LogP contribution in [0.2, 0.25) is 0 Å². The Morgan fingerprint density at radius 1 is 0.966 bits per heavy atom. The van der Waals surface area contributed by atoms with E-state index in [0.29, 0.717) is 63.9 Å². The minimum Gasteiger partial charge on any atom is -0.496 e. The van der Waals surface area contributed by atoms with Crippen LogP contribution >= 0.6 is 0 Å². The number of rotatable bonds is 19. The van der Waals surface area contributed by atoms with Gasteiger partial charge < -0.3 is 43.8 Å². The smallest absolute Gasteiger partial charge is 0.271 e. The molecule has 1 saturated heterocycles. The van der Waals surface area contributed by atoms with Crippen LogP contribution < -0.4 is 35.7 Å². The minimum absolute atomic E-state index is 0.0367. The number of aromatic nitrogens is 2. The molecule has 2 aliphatic heterocycles. The summed E-state index contributed by atoms with van der Waals surface area (Å²) in [6, 6.07) is 7.78. The number of nitrogens with one attached hydrogen (secondary N) is 3. The molecule has 3 N–H and O–H groups in total. The van der Waals surface area contributed by atoms with Crippen LogP contribution in [0.15, 0.2) is 41.3 Å². The summed E-state index contributed by atoms with van der Waals surface area (Å²) in [5.41, 5.74) is 1.84. The molecule has 2 atom stereocenters. The lowest BCUT2D eigenvalue weighted by Gasteiger charge is -2.32. The summed E-state index contributed by atoms with van der Waals surface area (Å²) in [5, 5.41) is 8.19. The molecule has 5 rings (SSSR count). The summed E-state index contributed by atoms with van der Waals surface area (Å²) < 4.78 is 30.4. The van der Waals surface area contributed by atoms with E-state index >= 15 is 0 Å². The van der Waals surface area contributed by atoms with Crippen molar-refractivity contribution in [2.75, 3.05) is 47.2 Å². The van der Waals surface area contributed by atoms with E-state index in [1.165, 1.54) is 23.7 Å². The maximum atomic E-state index is 13.2. The standard InChI is InChI=1S/C42H54N6O11/c1-9-42(5,46-37(51)21-59-32-12-10-11-27-28(32)17-48(40(27)54)31-13-14-35(49)45-38(31)52)24-58-23-41(3,4)22-43-36(50)20-57-19-29-33(55-7)15-26(16-34(29)56-8)30-18-47(6)39(53)25(2)44-30/h10-12,15-16,18,31H,9,13-14,17,19-24H2,1-8H3,(H,43,50)(H,46,51)(H,45,49,52). The number of hydrogen-bond donors (Lipinski definition) is 3. The Bertz CT molecular complexity index is 2100. The van der Waals surface area contributed by atoms with Gasteiger partial charge in [-0.1, -0.05) is 26.8 Å². The fourth-order valence-corrected chi connectivity index (χ4v) is 6.84. The lowest BCUT2D eigenvalue weighted by molar-refractivity contribution is -0.137. The van der Waals surface area contributed by atoms with Crippen LogP contribution in [0.5, 0.6) is 17.2 Å². The maximum Gasteiger partial charge on any atom is 0.271 e. The normalized spacial score (nSPS) is 16.2. The van der Waals surface area contributed by atoms with E-state index in [1.54, 1.807) is 50.5 Å². The van der Waals surface area contributed by atoms with Gasteiger partial charge in [-0.3, -0.25) is 34.1 Å². The topological polar surface area (TPSA) is 206 Å². The zero-order chi connectivity index (χ0) is 43.1. The molecule has 0 aliphatic carbocycles. The van der Waals surface area contributed by atoms with Crippen molar-refractivity contribution in [2.45, 2.75) is 78.6 Å². The summed E-state index contributed by atoms with van der Waals surface area (Å²) in [6.45, 7) is 9.78. The van der Waals surface area contributed by atoms with Gasteiger partial charge in [0.05, 0.1) is 57.4 Å². The molecule has 3 aromatic rings. The number of fused-ring (bicyclic) bond motifs is 1. The Labute approximate surface area is 343 Å². The molecule has 1 aromatic heterocycles. The van der Waals surface area contributed by atoms with Gasteiger partial charge in [-0.2, -0.15) is 0 Å². The quantitative estimate of drug-likeness (QED) is 0.149. The van der Waals surface area contributed by atoms with Gasteiger partial charge in [0.2, 0.25) is 17.7 Å². The van der Waals surface area contributed by atoms with Crippen molar-refractivity contribution in [2.24, 2.45) is 12.5 Å². The predicted octanol–water partition coefficient (Wildman–Crippen LogP) is 2.57. The molecule has 5 amide bonds. The molecule has 59 heavy (non-hydrogen) atoms. The SMILES string of the molecule is CCC(C)(COCC(C)(C)CNC(=O)COCc1c(OC)cc(-c2cn(C)c(=O)c(C)n2)cc1OC)NC(=O)COc1cccc2c1CN(C1CCC(=O)NC1=O)C2=O. The molecule has 0 saturated carbocycles. The number of nitrogens with zero attached hydrogens (tertiary/aromatic N) is 3. The second-order valence-corrected chi connectivity index (χ2v) is 15.8. The second kappa shape index (κ2) is 18.8. The second-order valence-electron chi connectivity index (χ2n) is 15.8. The van der Waals surface area contributed by atoms with E-state index in [0.717, 1.165) is 0 Å². The van der Waals surface area contributed by atoms with Crippen molar-refractivity contribution in [1.29, 1.82) is 0 Å². The fraction of sp³-hybridized carbons (Fsp3) is 0.500. The molecule has 318 valence electrons. The van der Waals surface area contributed by atoms with Gasteiger partial charge in [-0.15, -0.1) is 0 Å². The summed E-state index contributed by atoms with van der Waals surface area (Å²) in [7, 11) is 4.70. The Balaban J connectivity index is 1.06. The first-order valence-corrected chi connectivity index (χ1v) is 19.4. The van der Waals surface area contributed by atoms with E-state index in [9.17, 15) is 28.8 Å². The van der Waals surface area contributed by atoms with E-state index in [2.05, 4.69) is 20.9 Å². The summed E-state index contributed by atoms with van der Waals surface area (Å²) in [6.07, 6.45) is 2.59. The van der Waals surface area contributed by atoms with Crippen molar-refractivity contribution in [3.63, 3.8) is 0 Å². The highest BCUT2D eigenvalue weighted by atomic mass is 16.5. The van der Waals surface area contributed by atoms with E-state index in [1.807, 2.05) is 27.7 Å². The first-order valence-electron chi connectivity index (χ1n) is 19.4. The molecule has 2 aliphatic rings. The molecule has 2 aromatic carbocycles. The van der Waals surface area contributed by atoms with Gasteiger partial charge in [0.1, 0.15) is 35.6 Å². The predicted molar refractivity (Wildman–Crippen MR) is 215 cm³/mol. The number of amides is 5. The molecule has 0 radical (unpaired) electrons. The first kappa shape index (κ1) is 44.3. The molecule has 2 unspecified atom stereocenters. The van der Waals surface area contributed by atoms with E-state index < -0.39 is 22.9 Å². The number of benzene rings is 2. The highest BCUT2D eigenvalue weighted by Crippen LogP contribution is 2.36. The monoisotopic (exact) mass is 818 g/mol. The number of piperidine rings is 1. The van der Waals surface area contributed by atoms with Gasteiger partial charge >= 0.3 is 0 Å². The number of carbonyl (C=O) groups is 5. The molecule has 3 heterocycles. The third-order valence-electron chi connectivity index (χ3n) is 10.4. The highest BCUT2D eigenvalue weighted by Gasteiger charge is 2.40. The van der Waals surface area contributed by atoms with E-state index in [4.69, 9.17) is 23.7 Å². The zero-order valence-corrected chi connectivity index (χ0v) is 34.9. The number of hydrogen-bond acceptors (Lipinski definition) is 12. The average molecular weight is 819 g/mol. The molecule has 1 fully saturated rings. The number of methoxy groups -OCH3 is 2. The van der Waals surface area contributed by atoms with Gasteiger partial charge in [0.15, 0.2) is 6.61 Å². The van der Waals surface area contributed by atoms with Crippen molar-refractivity contribution >= 4 is 29.5 Å². The molecule has 17 nitrogen and oxygen atoms in total. The third kappa shape index (κ3) is 10.8. The van der Waals surface area contributed by atoms with Crippen molar-refractivity contribution in [3.8, 4) is 28.5 Å².